The van der Waals surface area contributed by atoms with Crippen molar-refractivity contribution in [3.05, 3.63) is 30.1 Å². The fraction of sp³-hybridized carbons (Fsp3) is 0.571. The first-order valence-electron chi connectivity index (χ1n) is 6.57. The van der Waals surface area contributed by atoms with E-state index in [0.717, 1.165) is 18.7 Å². The maximum atomic E-state index is 12.3. The summed E-state index contributed by atoms with van der Waals surface area (Å²) in [6.45, 7) is 7.84. The Labute approximate surface area is 114 Å². The molecule has 1 aliphatic rings. The van der Waals surface area contributed by atoms with Crippen LogP contribution in [0.5, 0.6) is 0 Å². The maximum absolute atomic E-state index is 12.3. The molecular weight excluding hydrogens is 242 g/mol. The maximum Gasteiger partial charge on any atom is 0.410 e. The van der Waals surface area contributed by atoms with Crippen LogP contribution in [0.4, 0.5) is 4.79 Å². The van der Waals surface area contributed by atoms with Crippen LogP contribution >= 0.6 is 0 Å². The Hall–Kier alpha value is -1.62. The van der Waals surface area contributed by atoms with Crippen molar-refractivity contribution in [2.45, 2.75) is 32.4 Å². The van der Waals surface area contributed by atoms with Gasteiger partial charge in [0.05, 0.1) is 6.04 Å². The first-order chi connectivity index (χ1) is 8.97. The van der Waals surface area contributed by atoms with E-state index in [2.05, 4.69) is 10.3 Å². The third-order valence-electron chi connectivity index (χ3n) is 2.96. The molecular formula is C14H21N3O2. The Morgan fingerprint density at radius 2 is 2.11 bits per heavy atom. The zero-order chi connectivity index (χ0) is 13.9. The van der Waals surface area contributed by atoms with Gasteiger partial charge in [-0.15, -0.1) is 0 Å². The Morgan fingerprint density at radius 3 is 2.74 bits per heavy atom. The summed E-state index contributed by atoms with van der Waals surface area (Å²) < 4.78 is 5.47. The monoisotopic (exact) mass is 263 g/mol. The van der Waals surface area contributed by atoms with Crippen LogP contribution in [-0.4, -0.2) is 41.2 Å². The molecule has 1 N–H and O–H groups in total. The van der Waals surface area contributed by atoms with Gasteiger partial charge in [0.1, 0.15) is 5.60 Å². The van der Waals surface area contributed by atoms with Crippen molar-refractivity contribution in [2.75, 3.05) is 19.6 Å². The van der Waals surface area contributed by atoms with Crippen LogP contribution in [0, 0.1) is 0 Å². The lowest BCUT2D eigenvalue weighted by atomic mass is 10.1. The fourth-order valence-corrected chi connectivity index (χ4v) is 2.13. The predicted octanol–water partition coefficient (Wildman–Crippen LogP) is 1.96. The second kappa shape index (κ2) is 5.57. The Balaban J connectivity index is 2.15. The summed E-state index contributed by atoms with van der Waals surface area (Å²) in [5.74, 6) is 0. The molecule has 1 atom stereocenters. The highest BCUT2D eigenvalue weighted by molar-refractivity contribution is 5.69. The molecule has 0 spiro atoms. The molecule has 5 heteroatoms. The van der Waals surface area contributed by atoms with Crippen molar-refractivity contribution >= 4 is 6.09 Å². The molecule has 0 radical (unpaired) electrons. The van der Waals surface area contributed by atoms with Crippen LogP contribution in [-0.2, 0) is 4.74 Å². The SMILES string of the molecule is CC(C)(C)OC(=O)N1CCNC[C@H]1c1ccncc1. The normalized spacial score (nSPS) is 20.2. The van der Waals surface area contributed by atoms with E-state index in [0.29, 0.717) is 6.54 Å². The van der Waals surface area contributed by atoms with E-state index in [1.54, 1.807) is 17.3 Å². The summed E-state index contributed by atoms with van der Waals surface area (Å²) in [7, 11) is 0. The molecule has 1 fully saturated rings. The topological polar surface area (TPSA) is 54.5 Å². The van der Waals surface area contributed by atoms with Crippen molar-refractivity contribution in [2.24, 2.45) is 0 Å². The van der Waals surface area contributed by atoms with E-state index in [9.17, 15) is 4.79 Å². The summed E-state index contributed by atoms with van der Waals surface area (Å²) in [5.41, 5.74) is 0.609. The highest BCUT2D eigenvalue weighted by Crippen LogP contribution is 2.23. The lowest BCUT2D eigenvalue weighted by Crippen LogP contribution is -2.50. The highest BCUT2D eigenvalue weighted by Gasteiger charge is 2.31. The van der Waals surface area contributed by atoms with Gasteiger partial charge >= 0.3 is 6.09 Å². The van der Waals surface area contributed by atoms with Crippen LogP contribution < -0.4 is 5.32 Å². The molecule has 0 saturated carbocycles. The van der Waals surface area contributed by atoms with Crippen molar-refractivity contribution in [1.82, 2.24) is 15.2 Å². The van der Waals surface area contributed by atoms with Crippen molar-refractivity contribution in [1.29, 1.82) is 0 Å². The number of rotatable bonds is 1. The first kappa shape index (κ1) is 13.8. The number of carbonyl (C=O) groups is 1. The number of nitrogens with one attached hydrogen (secondary N) is 1. The minimum Gasteiger partial charge on any atom is -0.444 e. The third kappa shape index (κ3) is 3.67. The largest absolute Gasteiger partial charge is 0.444 e. The Morgan fingerprint density at radius 1 is 1.42 bits per heavy atom. The fourth-order valence-electron chi connectivity index (χ4n) is 2.13. The molecule has 1 amide bonds. The molecule has 1 aromatic rings. The number of hydrogen-bond acceptors (Lipinski definition) is 4. The number of carbonyl (C=O) groups excluding carboxylic acids is 1. The van der Waals surface area contributed by atoms with Gasteiger partial charge in [-0.3, -0.25) is 9.88 Å². The van der Waals surface area contributed by atoms with Crippen molar-refractivity contribution < 1.29 is 9.53 Å². The van der Waals surface area contributed by atoms with Gasteiger partial charge in [-0.05, 0) is 38.5 Å². The molecule has 2 heterocycles. The van der Waals surface area contributed by atoms with Crippen LogP contribution in [0.25, 0.3) is 0 Å². The molecule has 1 saturated heterocycles. The smallest absolute Gasteiger partial charge is 0.410 e. The quantitative estimate of drug-likeness (QED) is 0.841. The van der Waals surface area contributed by atoms with Gasteiger partial charge in [0.15, 0.2) is 0 Å². The van der Waals surface area contributed by atoms with Gasteiger partial charge in [-0.1, -0.05) is 0 Å². The molecule has 19 heavy (non-hydrogen) atoms. The highest BCUT2D eigenvalue weighted by atomic mass is 16.6. The third-order valence-corrected chi connectivity index (χ3v) is 2.96. The number of ether oxygens (including phenoxy) is 1. The second-order valence-electron chi connectivity index (χ2n) is 5.67. The summed E-state index contributed by atoms with van der Waals surface area (Å²) in [6.07, 6.45) is 3.24. The average Bonchev–Trinajstić information content (AvgIpc) is 2.38. The lowest BCUT2D eigenvalue weighted by Gasteiger charge is -2.37. The second-order valence-corrected chi connectivity index (χ2v) is 5.67. The van der Waals surface area contributed by atoms with Crippen molar-refractivity contribution in [3.63, 3.8) is 0 Å². The summed E-state index contributed by atoms with van der Waals surface area (Å²) in [6, 6.07) is 3.89. The number of pyridine rings is 1. The zero-order valence-corrected chi connectivity index (χ0v) is 11.7. The minimum absolute atomic E-state index is 0.00611. The molecule has 0 aliphatic carbocycles. The molecule has 1 aliphatic heterocycles. The molecule has 0 unspecified atom stereocenters. The van der Waals surface area contributed by atoms with Crippen LogP contribution in [0.3, 0.4) is 0 Å². The van der Waals surface area contributed by atoms with Gasteiger partial charge in [0.25, 0.3) is 0 Å². The lowest BCUT2D eigenvalue weighted by molar-refractivity contribution is 0.0118. The average molecular weight is 263 g/mol. The molecule has 5 nitrogen and oxygen atoms in total. The van der Waals surface area contributed by atoms with Crippen molar-refractivity contribution in [3.8, 4) is 0 Å². The van der Waals surface area contributed by atoms with E-state index < -0.39 is 5.60 Å². The molecule has 0 aromatic carbocycles. The van der Waals surface area contributed by atoms with Gasteiger partial charge in [0, 0.05) is 32.0 Å². The number of piperazine rings is 1. The molecule has 0 bridgehead atoms. The summed E-state index contributed by atoms with van der Waals surface area (Å²) >= 11 is 0. The Bertz CT molecular complexity index is 428. The van der Waals surface area contributed by atoms with Gasteiger partial charge in [-0.2, -0.15) is 0 Å². The molecule has 104 valence electrons. The first-order valence-corrected chi connectivity index (χ1v) is 6.57. The molecule has 1 aromatic heterocycles. The van der Waals surface area contributed by atoms with Crippen LogP contribution in [0.2, 0.25) is 0 Å². The summed E-state index contributed by atoms with van der Waals surface area (Å²) in [5, 5.41) is 3.31. The van der Waals surface area contributed by atoms with E-state index in [1.165, 1.54) is 0 Å². The summed E-state index contributed by atoms with van der Waals surface area (Å²) in [4.78, 5) is 18.1. The number of nitrogens with zero attached hydrogens (tertiary/aromatic N) is 2. The number of hydrogen-bond donors (Lipinski definition) is 1. The van der Waals surface area contributed by atoms with Crippen LogP contribution in [0.15, 0.2) is 24.5 Å². The van der Waals surface area contributed by atoms with E-state index in [-0.39, 0.29) is 12.1 Å². The zero-order valence-electron chi connectivity index (χ0n) is 11.7. The molecule has 2 rings (SSSR count). The van der Waals surface area contributed by atoms with E-state index >= 15 is 0 Å². The van der Waals surface area contributed by atoms with Gasteiger partial charge < -0.3 is 10.1 Å². The standard InChI is InChI=1S/C14H21N3O2/c1-14(2,3)19-13(18)17-9-8-16-10-12(17)11-4-6-15-7-5-11/h4-7,12,16H,8-10H2,1-3H3/t12-/m0/s1. The van der Waals surface area contributed by atoms with E-state index in [4.69, 9.17) is 4.74 Å². The Kier molecular flexibility index (Phi) is 4.04. The van der Waals surface area contributed by atoms with Crippen LogP contribution in [0.1, 0.15) is 32.4 Å². The number of amides is 1. The van der Waals surface area contributed by atoms with E-state index in [1.807, 2.05) is 32.9 Å². The minimum atomic E-state index is -0.468. The van der Waals surface area contributed by atoms with Gasteiger partial charge in [0.2, 0.25) is 0 Å². The predicted molar refractivity (Wildman–Crippen MR) is 72.8 cm³/mol. The number of aromatic nitrogens is 1. The van der Waals surface area contributed by atoms with Gasteiger partial charge in [-0.25, -0.2) is 4.79 Å².